The predicted octanol–water partition coefficient (Wildman–Crippen LogP) is 2.55. The van der Waals surface area contributed by atoms with Crippen molar-refractivity contribution in [2.45, 2.75) is 12.8 Å². The summed E-state index contributed by atoms with van der Waals surface area (Å²) >= 11 is 0. The number of rotatable bonds is 7. The first-order valence-electron chi connectivity index (χ1n) is 9.47. The molecule has 1 N–H and O–H groups in total. The summed E-state index contributed by atoms with van der Waals surface area (Å²) in [7, 11) is 1.76. The molecule has 0 spiro atoms. The van der Waals surface area contributed by atoms with Crippen molar-refractivity contribution >= 4 is 17.3 Å². The molecule has 2 aliphatic heterocycles. The first-order chi connectivity index (χ1) is 12.8. The van der Waals surface area contributed by atoms with Gasteiger partial charge in [0.15, 0.2) is 0 Å². The lowest BCUT2D eigenvalue weighted by Crippen LogP contribution is -2.26. The SMILES string of the molecule is COCCN1CC[C@H](CNc2ncc3c(n2)CCN3c2ccccc2)C1. The smallest absolute Gasteiger partial charge is 0.223 e. The maximum absolute atomic E-state index is 5.17. The zero-order valence-corrected chi connectivity index (χ0v) is 15.4. The van der Waals surface area contributed by atoms with Crippen molar-refractivity contribution in [1.82, 2.24) is 14.9 Å². The number of fused-ring (bicyclic) bond motifs is 1. The van der Waals surface area contributed by atoms with Gasteiger partial charge in [-0.15, -0.1) is 0 Å². The van der Waals surface area contributed by atoms with Crippen LogP contribution >= 0.6 is 0 Å². The molecule has 0 amide bonds. The Hall–Kier alpha value is -2.18. The Balaban J connectivity index is 1.34. The van der Waals surface area contributed by atoms with Gasteiger partial charge in [0.1, 0.15) is 0 Å². The standard InChI is InChI=1S/C20H27N5O/c1-26-12-11-24-9-7-16(15-24)13-21-20-22-14-19-18(23-20)8-10-25(19)17-5-3-2-4-6-17/h2-6,14,16H,7-13,15H2,1H3,(H,21,22,23)/t16-/m1/s1. The van der Waals surface area contributed by atoms with E-state index in [1.165, 1.54) is 12.1 Å². The molecule has 0 saturated carbocycles. The van der Waals surface area contributed by atoms with E-state index in [0.29, 0.717) is 5.92 Å². The molecule has 4 rings (SSSR count). The summed E-state index contributed by atoms with van der Waals surface area (Å²) < 4.78 is 5.17. The molecule has 2 aliphatic rings. The zero-order chi connectivity index (χ0) is 17.8. The molecule has 0 bridgehead atoms. The minimum atomic E-state index is 0.657. The third-order valence-electron chi connectivity index (χ3n) is 5.31. The van der Waals surface area contributed by atoms with Crippen LogP contribution in [0.3, 0.4) is 0 Å². The van der Waals surface area contributed by atoms with Crippen LogP contribution in [-0.2, 0) is 11.2 Å². The first kappa shape index (κ1) is 17.2. The maximum Gasteiger partial charge on any atom is 0.223 e. The monoisotopic (exact) mass is 353 g/mol. The van der Waals surface area contributed by atoms with E-state index in [9.17, 15) is 0 Å². The quantitative estimate of drug-likeness (QED) is 0.826. The van der Waals surface area contributed by atoms with Gasteiger partial charge in [-0.3, -0.25) is 0 Å². The van der Waals surface area contributed by atoms with Crippen LogP contribution in [0.5, 0.6) is 0 Å². The molecule has 6 nitrogen and oxygen atoms in total. The van der Waals surface area contributed by atoms with Gasteiger partial charge in [0.05, 0.1) is 24.2 Å². The second-order valence-electron chi connectivity index (χ2n) is 7.09. The average molecular weight is 353 g/mol. The molecule has 1 aromatic carbocycles. The number of ether oxygens (including phenoxy) is 1. The maximum atomic E-state index is 5.17. The highest BCUT2D eigenvalue weighted by Crippen LogP contribution is 2.33. The van der Waals surface area contributed by atoms with Crippen LogP contribution in [0.15, 0.2) is 36.5 Å². The van der Waals surface area contributed by atoms with Crippen molar-refractivity contribution < 1.29 is 4.74 Å². The van der Waals surface area contributed by atoms with Gasteiger partial charge in [-0.05, 0) is 31.0 Å². The lowest BCUT2D eigenvalue weighted by atomic mass is 10.1. The van der Waals surface area contributed by atoms with E-state index in [1.807, 2.05) is 12.3 Å². The average Bonchev–Trinajstić information content (AvgIpc) is 3.32. The fraction of sp³-hybridized carbons (Fsp3) is 0.500. The van der Waals surface area contributed by atoms with E-state index < -0.39 is 0 Å². The van der Waals surface area contributed by atoms with E-state index in [-0.39, 0.29) is 0 Å². The van der Waals surface area contributed by atoms with Gasteiger partial charge in [-0.1, -0.05) is 18.2 Å². The fourth-order valence-electron chi connectivity index (χ4n) is 3.86. The number of methoxy groups -OCH3 is 1. The van der Waals surface area contributed by atoms with E-state index in [4.69, 9.17) is 9.72 Å². The van der Waals surface area contributed by atoms with E-state index in [0.717, 1.165) is 63.1 Å². The van der Waals surface area contributed by atoms with Crippen LogP contribution in [0.4, 0.5) is 17.3 Å². The van der Waals surface area contributed by atoms with Crippen LogP contribution in [0.25, 0.3) is 0 Å². The number of nitrogens with zero attached hydrogens (tertiary/aromatic N) is 4. The second kappa shape index (κ2) is 8.01. The number of hydrogen-bond acceptors (Lipinski definition) is 6. The summed E-state index contributed by atoms with van der Waals surface area (Å²) in [4.78, 5) is 14.1. The number of hydrogen-bond donors (Lipinski definition) is 1. The molecule has 6 heteroatoms. The van der Waals surface area contributed by atoms with Crippen molar-refractivity contribution in [3.63, 3.8) is 0 Å². The Bertz CT molecular complexity index is 723. The summed E-state index contributed by atoms with van der Waals surface area (Å²) in [5.41, 5.74) is 3.48. The van der Waals surface area contributed by atoms with E-state index in [2.05, 4.69) is 44.4 Å². The third-order valence-corrected chi connectivity index (χ3v) is 5.31. The van der Waals surface area contributed by atoms with E-state index in [1.54, 1.807) is 7.11 Å². The molecule has 1 atom stereocenters. The first-order valence-corrected chi connectivity index (χ1v) is 9.47. The Morgan fingerprint density at radius 3 is 2.96 bits per heavy atom. The summed E-state index contributed by atoms with van der Waals surface area (Å²) in [5, 5.41) is 3.45. The lowest BCUT2D eigenvalue weighted by Gasteiger charge is -2.19. The van der Waals surface area contributed by atoms with Crippen LogP contribution in [0, 0.1) is 5.92 Å². The number of likely N-dealkylation sites (tertiary alicyclic amines) is 1. The van der Waals surface area contributed by atoms with Gasteiger partial charge >= 0.3 is 0 Å². The molecule has 1 aromatic heterocycles. The second-order valence-corrected chi connectivity index (χ2v) is 7.09. The van der Waals surface area contributed by atoms with E-state index >= 15 is 0 Å². The van der Waals surface area contributed by atoms with Crippen LogP contribution in [-0.4, -0.2) is 61.3 Å². The number of nitrogens with one attached hydrogen (secondary N) is 1. The molecule has 0 unspecified atom stereocenters. The Kier molecular flexibility index (Phi) is 5.32. The minimum absolute atomic E-state index is 0.657. The molecular weight excluding hydrogens is 326 g/mol. The minimum Gasteiger partial charge on any atom is -0.383 e. The van der Waals surface area contributed by atoms with Gasteiger partial charge in [0.2, 0.25) is 5.95 Å². The van der Waals surface area contributed by atoms with Crippen molar-refractivity contribution in [1.29, 1.82) is 0 Å². The Labute approximate surface area is 155 Å². The van der Waals surface area contributed by atoms with Crippen LogP contribution in [0.1, 0.15) is 12.1 Å². The van der Waals surface area contributed by atoms with Gasteiger partial charge in [-0.25, -0.2) is 9.97 Å². The number of aromatic nitrogens is 2. The van der Waals surface area contributed by atoms with Crippen molar-refractivity contribution in [2.75, 3.05) is 56.7 Å². The normalized spacial score (nSPS) is 19.7. The molecule has 0 radical (unpaired) electrons. The fourth-order valence-corrected chi connectivity index (χ4v) is 3.86. The highest BCUT2D eigenvalue weighted by molar-refractivity contribution is 5.68. The molecule has 1 saturated heterocycles. The van der Waals surface area contributed by atoms with Gasteiger partial charge in [0.25, 0.3) is 0 Å². The lowest BCUT2D eigenvalue weighted by molar-refractivity contribution is 0.159. The molecular formula is C20H27N5O. The predicted molar refractivity (Wildman–Crippen MR) is 104 cm³/mol. The Morgan fingerprint density at radius 1 is 1.23 bits per heavy atom. The summed E-state index contributed by atoms with van der Waals surface area (Å²) in [5.74, 6) is 1.42. The number of benzene rings is 1. The molecule has 2 aromatic rings. The molecule has 3 heterocycles. The molecule has 0 aliphatic carbocycles. The topological polar surface area (TPSA) is 53.5 Å². The molecule has 138 valence electrons. The summed E-state index contributed by atoms with van der Waals surface area (Å²) in [6, 6.07) is 10.5. The molecule has 1 fully saturated rings. The third kappa shape index (κ3) is 3.81. The number of para-hydroxylation sites is 1. The summed E-state index contributed by atoms with van der Waals surface area (Å²) in [6.07, 6.45) is 4.16. The van der Waals surface area contributed by atoms with Crippen LogP contribution in [0.2, 0.25) is 0 Å². The number of anilines is 3. The molecule has 26 heavy (non-hydrogen) atoms. The highest BCUT2D eigenvalue weighted by Gasteiger charge is 2.24. The van der Waals surface area contributed by atoms with Gasteiger partial charge in [0, 0.05) is 45.4 Å². The zero-order valence-electron chi connectivity index (χ0n) is 15.4. The van der Waals surface area contributed by atoms with Gasteiger partial charge in [-0.2, -0.15) is 0 Å². The van der Waals surface area contributed by atoms with Crippen molar-refractivity contribution in [3.05, 3.63) is 42.2 Å². The van der Waals surface area contributed by atoms with Crippen molar-refractivity contribution in [3.8, 4) is 0 Å². The summed E-state index contributed by atoms with van der Waals surface area (Å²) in [6.45, 7) is 6.03. The van der Waals surface area contributed by atoms with Crippen LogP contribution < -0.4 is 10.2 Å². The largest absolute Gasteiger partial charge is 0.383 e. The van der Waals surface area contributed by atoms with Crippen molar-refractivity contribution in [2.24, 2.45) is 5.92 Å². The van der Waals surface area contributed by atoms with Gasteiger partial charge < -0.3 is 19.9 Å². The highest BCUT2D eigenvalue weighted by atomic mass is 16.5. The Morgan fingerprint density at radius 2 is 2.12 bits per heavy atom.